The van der Waals surface area contributed by atoms with E-state index in [4.69, 9.17) is 0 Å². The molecule has 3 aliphatic rings. The highest BCUT2D eigenvalue weighted by molar-refractivity contribution is 5.11. The van der Waals surface area contributed by atoms with Crippen LogP contribution in [0.15, 0.2) is 6.07 Å². The van der Waals surface area contributed by atoms with Gasteiger partial charge >= 0.3 is 0 Å². The average Bonchev–Trinajstić information content (AvgIpc) is 2.75. The first kappa shape index (κ1) is 13.1. The number of hydrogen-bond acceptors (Lipinski definition) is 4. The number of aryl methyl sites for hydroxylation is 2. The molecule has 1 aromatic heterocycles. The van der Waals surface area contributed by atoms with Gasteiger partial charge in [0.25, 0.3) is 0 Å². The normalized spacial score (nSPS) is 31.6. The fourth-order valence-electron chi connectivity index (χ4n) is 3.55. The fourth-order valence-corrected chi connectivity index (χ4v) is 3.55. The van der Waals surface area contributed by atoms with Crippen molar-refractivity contribution in [3.63, 3.8) is 0 Å². The van der Waals surface area contributed by atoms with Crippen molar-refractivity contribution in [3.8, 4) is 0 Å². The highest BCUT2D eigenvalue weighted by Crippen LogP contribution is 2.20. The van der Waals surface area contributed by atoms with Crippen LogP contribution in [0.1, 0.15) is 11.4 Å². The van der Waals surface area contributed by atoms with Gasteiger partial charge in [-0.3, -0.25) is 14.5 Å². The number of piperazine rings is 3. The Morgan fingerprint density at radius 3 is 2.58 bits per heavy atom. The van der Waals surface area contributed by atoms with Crippen molar-refractivity contribution in [2.75, 3.05) is 39.8 Å². The van der Waals surface area contributed by atoms with Gasteiger partial charge in [0.05, 0.1) is 5.69 Å². The van der Waals surface area contributed by atoms with Crippen LogP contribution in [0.2, 0.25) is 0 Å². The van der Waals surface area contributed by atoms with E-state index in [0.717, 1.165) is 12.1 Å². The summed E-state index contributed by atoms with van der Waals surface area (Å²) in [5.41, 5.74) is 2.44. The zero-order valence-electron chi connectivity index (χ0n) is 12.3. The molecule has 4 heterocycles. The third-order valence-corrected chi connectivity index (χ3v) is 4.68. The Morgan fingerprint density at radius 1 is 1.37 bits per heavy atom. The zero-order valence-corrected chi connectivity index (χ0v) is 12.3. The smallest absolute Gasteiger partial charge is 0.0596 e. The molecule has 3 saturated heterocycles. The molecule has 3 fully saturated rings. The molecule has 2 bridgehead atoms. The number of likely N-dealkylation sites (N-methyl/N-ethyl adjacent to an activating group) is 1. The molecule has 1 N–H and O–H groups in total. The lowest BCUT2D eigenvalue weighted by molar-refractivity contribution is -0.00225. The Kier molecular flexibility index (Phi) is 3.60. The van der Waals surface area contributed by atoms with E-state index in [2.05, 4.69) is 40.3 Å². The molecule has 0 radical (unpaired) electrons. The van der Waals surface area contributed by atoms with Crippen molar-refractivity contribution in [1.82, 2.24) is 24.9 Å². The Labute approximate surface area is 115 Å². The molecule has 2 unspecified atom stereocenters. The Bertz CT molecular complexity index is 433. The SMILES string of the molecule is CNC(Cc1cc(C)nn1C)C1CN2CCN1CC2. The largest absolute Gasteiger partial charge is 0.315 e. The molecule has 19 heavy (non-hydrogen) atoms. The van der Waals surface area contributed by atoms with Gasteiger partial charge in [-0.2, -0.15) is 5.10 Å². The van der Waals surface area contributed by atoms with E-state index in [0.29, 0.717) is 12.1 Å². The predicted molar refractivity (Wildman–Crippen MR) is 76.3 cm³/mol. The van der Waals surface area contributed by atoms with Crippen LogP contribution >= 0.6 is 0 Å². The molecular weight excluding hydrogens is 238 g/mol. The van der Waals surface area contributed by atoms with Gasteiger partial charge in [0.2, 0.25) is 0 Å². The van der Waals surface area contributed by atoms with Crippen LogP contribution in [0.5, 0.6) is 0 Å². The molecule has 106 valence electrons. The predicted octanol–water partition coefficient (Wildman–Crippen LogP) is -0.141. The van der Waals surface area contributed by atoms with Crippen LogP contribution < -0.4 is 5.32 Å². The Hall–Kier alpha value is -0.910. The van der Waals surface area contributed by atoms with Crippen molar-refractivity contribution in [2.45, 2.75) is 25.4 Å². The molecule has 1 aromatic rings. The van der Waals surface area contributed by atoms with Crippen LogP contribution in [0.4, 0.5) is 0 Å². The first-order valence-corrected chi connectivity index (χ1v) is 7.30. The first-order chi connectivity index (χ1) is 9.17. The molecule has 5 heteroatoms. The van der Waals surface area contributed by atoms with Gasteiger partial charge in [-0.05, 0) is 20.0 Å². The first-order valence-electron chi connectivity index (χ1n) is 7.30. The molecule has 0 spiro atoms. The summed E-state index contributed by atoms with van der Waals surface area (Å²) in [7, 11) is 4.14. The number of nitrogens with one attached hydrogen (secondary N) is 1. The van der Waals surface area contributed by atoms with Gasteiger partial charge in [-0.1, -0.05) is 0 Å². The second-order valence-electron chi connectivity index (χ2n) is 5.90. The summed E-state index contributed by atoms with van der Waals surface area (Å²) in [6.45, 7) is 8.23. The summed E-state index contributed by atoms with van der Waals surface area (Å²) in [5, 5.41) is 7.99. The maximum Gasteiger partial charge on any atom is 0.0596 e. The van der Waals surface area contributed by atoms with Gasteiger partial charge in [0.1, 0.15) is 0 Å². The number of nitrogens with zero attached hydrogens (tertiary/aromatic N) is 4. The summed E-state index contributed by atoms with van der Waals surface area (Å²) in [5.74, 6) is 0. The number of hydrogen-bond donors (Lipinski definition) is 1. The van der Waals surface area contributed by atoms with E-state index in [1.807, 2.05) is 11.7 Å². The second-order valence-corrected chi connectivity index (χ2v) is 5.90. The van der Waals surface area contributed by atoms with Crippen LogP contribution in [-0.4, -0.2) is 71.4 Å². The third kappa shape index (κ3) is 2.55. The van der Waals surface area contributed by atoms with Crippen LogP contribution in [0, 0.1) is 6.92 Å². The maximum atomic E-state index is 4.46. The lowest BCUT2D eigenvalue weighted by atomic mass is 9.96. The number of rotatable bonds is 4. The van der Waals surface area contributed by atoms with Crippen molar-refractivity contribution in [1.29, 1.82) is 0 Å². The Balaban J connectivity index is 1.72. The maximum absolute atomic E-state index is 4.46. The zero-order chi connectivity index (χ0) is 13.4. The van der Waals surface area contributed by atoms with Crippen molar-refractivity contribution >= 4 is 0 Å². The highest BCUT2D eigenvalue weighted by Gasteiger charge is 2.36. The average molecular weight is 263 g/mol. The van der Waals surface area contributed by atoms with E-state index in [9.17, 15) is 0 Å². The van der Waals surface area contributed by atoms with Crippen molar-refractivity contribution < 1.29 is 0 Å². The molecule has 0 saturated carbocycles. The fraction of sp³-hybridized carbons (Fsp3) is 0.786. The summed E-state index contributed by atoms with van der Waals surface area (Å²) >= 11 is 0. The van der Waals surface area contributed by atoms with E-state index in [1.165, 1.54) is 38.4 Å². The standard InChI is InChI=1S/C14H25N5/c1-11-8-12(17(3)16-11)9-13(15-2)14-10-18-4-6-19(14)7-5-18/h8,13-15H,4-7,9-10H2,1-3H3. The van der Waals surface area contributed by atoms with Gasteiger partial charge in [-0.25, -0.2) is 0 Å². The van der Waals surface area contributed by atoms with E-state index >= 15 is 0 Å². The molecule has 3 aliphatic heterocycles. The topological polar surface area (TPSA) is 36.3 Å². The summed E-state index contributed by atoms with van der Waals surface area (Å²) < 4.78 is 2.02. The van der Waals surface area contributed by atoms with E-state index in [-0.39, 0.29) is 0 Å². The quantitative estimate of drug-likeness (QED) is 0.820. The van der Waals surface area contributed by atoms with Crippen LogP contribution in [0.3, 0.4) is 0 Å². The monoisotopic (exact) mass is 263 g/mol. The van der Waals surface area contributed by atoms with Gasteiger partial charge in [0, 0.05) is 64.0 Å². The molecule has 5 nitrogen and oxygen atoms in total. The number of fused-ring (bicyclic) bond motifs is 3. The van der Waals surface area contributed by atoms with Gasteiger partial charge in [-0.15, -0.1) is 0 Å². The molecular formula is C14H25N5. The third-order valence-electron chi connectivity index (χ3n) is 4.68. The summed E-state index contributed by atoms with van der Waals surface area (Å²) in [6, 6.07) is 3.36. The molecule has 4 rings (SSSR count). The van der Waals surface area contributed by atoms with Gasteiger partial charge in [0.15, 0.2) is 0 Å². The van der Waals surface area contributed by atoms with E-state index in [1.54, 1.807) is 0 Å². The molecule has 0 aromatic carbocycles. The summed E-state index contributed by atoms with van der Waals surface area (Å²) in [6.07, 6.45) is 1.06. The molecule has 2 atom stereocenters. The minimum absolute atomic E-state index is 0.512. The lowest BCUT2D eigenvalue weighted by Gasteiger charge is -2.50. The van der Waals surface area contributed by atoms with Crippen molar-refractivity contribution in [3.05, 3.63) is 17.5 Å². The van der Waals surface area contributed by atoms with Crippen molar-refractivity contribution in [2.24, 2.45) is 7.05 Å². The van der Waals surface area contributed by atoms with E-state index < -0.39 is 0 Å². The van der Waals surface area contributed by atoms with Gasteiger partial charge < -0.3 is 5.32 Å². The Morgan fingerprint density at radius 2 is 2.11 bits per heavy atom. The minimum Gasteiger partial charge on any atom is -0.315 e. The van der Waals surface area contributed by atoms with Crippen LogP contribution in [-0.2, 0) is 13.5 Å². The minimum atomic E-state index is 0.512. The number of aromatic nitrogens is 2. The lowest BCUT2D eigenvalue weighted by Crippen LogP contribution is -2.66. The highest BCUT2D eigenvalue weighted by atomic mass is 15.4. The van der Waals surface area contributed by atoms with Crippen LogP contribution in [0.25, 0.3) is 0 Å². The molecule has 0 aliphatic carbocycles. The molecule has 0 amide bonds. The summed E-state index contributed by atoms with van der Waals surface area (Å²) in [4.78, 5) is 5.26. The second kappa shape index (κ2) is 5.23.